The smallest absolute Gasteiger partial charge is 0.320 e. The molecule has 2 aromatic rings. The number of halogens is 1. The molecule has 1 spiro atoms. The average Bonchev–Trinajstić information content (AvgIpc) is 3.15. The molecule has 1 N–H and O–H groups in total. The second-order valence-corrected chi connectivity index (χ2v) is 10.1. The number of carbonyl (C=O) groups is 1. The van der Waals surface area contributed by atoms with E-state index in [4.69, 9.17) is 9.57 Å². The molecular weight excluding hydrogens is 433 g/mol. The van der Waals surface area contributed by atoms with Crippen molar-refractivity contribution in [1.82, 2.24) is 10.2 Å². The minimum atomic E-state index is -0.362. The van der Waals surface area contributed by atoms with Crippen molar-refractivity contribution in [2.45, 2.75) is 58.3 Å². The van der Waals surface area contributed by atoms with Gasteiger partial charge in [-0.05, 0) is 79.3 Å². The second kappa shape index (κ2) is 9.28. The van der Waals surface area contributed by atoms with E-state index >= 15 is 0 Å². The largest absolute Gasteiger partial charge is 0.489 e. The van der Waals surface area contributed by atoms with E-state index < -0.39 is 0 Å². The van der Waals surface area contributed by atoms with Crippen molar-refractivity contribution in [3.63, 3.8) is 0 Å². The van der Waals surface area contributed by atoms with Gasteiger partial charge in [0.15, 0.2) is 0 Å². The predicted molar refractivity (Wildman–Crippen MR) is 128 cm³/mol. The van der Waals surface area contributed by atoms with Crippen LogP contribution < -0.4 is 10.1 Å². The van der Waals surface area contributed by atoms with E-state index in [1.165, 1.54) is 30.5 Å². The minimum absolute atomic E-state index is 0.0521. The van der Waals surface area contributed by atoms with Crippen LogP contribution in [0.2, 0.25) is 0 Å². The number of benzene rings is 2. The van der Waals surface area contributed by atoms with Crippen LogP contribution in [0.15, 0.2) is 53.7 Å². The summed E-state index contributed by atoms with van der Waals surface area (Å²) in [6.45, 7) is 5.93. The van der Waals surface area contributed by atoms with Crippen LogP contribution in [-0.2, 0) is 11.4 Å². The molecule has 0 radical (unpaired) electrons. The predicted octanol–water partition coefficient (Wildman–Crippen LogP) is 5.44. The Morgan fingerprint density at radius 3 is 2.44 bits per heavy atom. The fourth-order valence-corrected chi connectivity index (χ4v) is 5.29. The SMILES string of the molecule is CC1=NOC(NC(=O)N2CCC3(CC2)CC(c2ccc(OCc4ccc(F)cc4)cc2)C3)C1C. The zero-order valence-electron chi connectivity index (χ0n) is 19.8. The zero-order valence-corrected chi connectivity index (χ0v) is 19.8. The van der Waals surface area contributed by atoms with E-state index in [2.05, 4.69) is 22.6 Å². The van der Waals surface area contributed by atoms with E-state index in [9.17, 15) is 9.18 Å². The van der Waals surface area contributed by atoms with E-state index in [0.717, 1.165) is 43.0 Å². The topological polar surface area (TPSA) is 63.2 Å². The van der Waals surface area contributed by atoms with E-state index in [0.29, 0.717) is 17.9 Å². The van der Waals surface area contributed by atoms with Crippen LogP contribution in [0.3, 0.4) is 0 Å². The Bertz CT molecular complexity index is 1040. The highest BCUT2D eigenvalue weighted by atomic mass is 19.1. The van der Waals surface area contributed by atoms with Gasteiger partial charge in [-0.3, -0.25) is 5.32 Å². The number of nitrogens with one attached hydrogen (secondary N) is 1. The third-order valence-electron chi connectivity index (χ3n) is 7.83. The summed E-state index contributed by atoms with van der Waals surface area (Å²) >= 11 is 0. The fraction of sp³-hybridized carbons (Fsp3) is 0.481. The van der Waals surface area contributed by atoms with Gasteiger partial charge in [-0.1, -0.05) is 36.3 Å². The molecule has 180 valence electrons. The van der Waals surface area contributed by atoms with Crippen molar-refractivity contribution in [1.29, 1.82) is 0 Å². The number of hydrogen-bond donors (Lipinski definition) is 1. The standard InChI is InChI=1S/C27H32FN3O3/c1-18-19(2)30-34-25(18)29-26(32)31-13-11-27(12-14-31)15-22(16-27)21-5-9-24(10-6-21)33-17-20-3-7-23(28)8-4-20/h3-10,18,22,25H,11-17H2,1-2H3,(H,29,32). The van der Waals surface area contributed by atoms with Gasteiger partial charge in [0.1, 0.15) is 18.2 Å². The van der Waals surface area contributed by atoms with Crippen LogP contribution >= 0.6 is 0 Å². The van der Waals surface area contributed by atoms with Crippen LogP contribution in [-0.4, -0.2) is 36.0 Å². The van der Waals surface area contributed by atoms with Gasteiger partial charge in [-0.2, -0.15) is 0 Å². The lowest BCUT2D eigenvalue weighted by Gasteiger charge is -2.52. The number of piperidine rings is 1. The van der Waals surface area contributed by atoms with E-state index in [1.807, 2.05) is 30.9 Å². The summed E-state index contributed by atoms with van der Waals surface area (Å²) < 4.78 is 18.9. The number of hydrogen-bond acceptors (Lipinski definition) is 4. The molecule has 2 unspecified atom stereocenters. The van der Waals surface area contributed by atoms with Crippen LogP contribution in [0.1, 0.15) is 56.6 Å². The third-order valence-corrected chi connectivity index (χ3v) is 7.83. The molecule has 1 saturated carbocycles. The molecule has 0 aromatic heterocycles. The number of nitrogens with zero attached hydrogens (tertiary/aromatic N) is 2. The molecule has 7 heteroatoms. The maximum Gasteiger partial charge on any atom is 0.320 e. The molecule has 1 saturated heterocycles. The molecule has 34 heavy (non-hydrogen) atoms. The van der Waals surface area contributed by atoms with Gasteiger partial charge < -0.3 is 14.5 Å². The fourth-order valence-electron chi connectivity index (χ4n) is 5.29. The Hall–Kier alpha value is -3.09. The first kappa shape index (κ1) is 22.7. The molecule has 2 atom stereocenters. The first-order valence-corrected chi connectivity index (χ1v) is 12.1. The minimum Gasteiger partial charge on any atom is -0.489 e. The van der Waals surface area contributed by atoms with Gasteiger partial charge >= 0.3 is 6.03 Å². The highest BCUT2D eigenvalue weighted by molar-refractivity contribution is 5.86. The molecule has 2 fully saturated rings. The summed E-state index contributed by atoms with van der Waals surface area (Å²) in [5.41, 5.74) is 3.56. The first-order valence-electron chi connectivity index (χ1n) is 12.1. The molecule has 6 nitrogen and oxygen atoms in total. The van der Waals surface area contributed by atoms with Crippen LogP contribution in [0.25, 0.3) is 0 Å². The van der Waals surface area contributed by atoms with Crippen molar-refractivity contribution in [2.75, 3.05) is 13.1 Å². The van der Waals surface area contributed by atoms with Crippen LogP contribution in [0, 0.1) is 17.2 Å². The van der Waals surface area contributed by atoms with Crippen molar-refractivity contribution < 1.29 is 18.8 Å². The maximum absolute atomic E-state index is 13.0. The molecule has 2 amide bonds. The van der Waals surface area contributed by atoms with Gasteiger partial charge in [-0.15, -0.1) is 0 Å². The molecule has 0 bridgehead atoms. The Labute approximate surface area is 200 Å². The van der Waals surface area contributed by atoms with E-state index in [1.54, 1.807) is 12.1 Å². The lowest BCUT2D eigenvalue weighted by atomic mass is 9.56. The Morgan fingerprint density at radius 1 is 1.15 bits per heavy atom. The normalized spacial score (nSPS) is 23.7. The number of rotatable bonds is 5. The summed E-state index contributed by atoms with van der Waals surface area (Å²) in [7, 11) is 0. The number of urea groups is 1. The van der Waals surface area contributed by atoms with E-state index in [-0.39, 0.29) is 24.0 Å². The molecule has 2 heterocycles. The summed E-state index contributed by atoms with van der Waals surface area (Å²) in [6, 6.07) is 14.7. The molecule has 2 aliphatic heterocycles. The number of ether oxygens (including phenoxy) is 1. The number of amides is 2. The maximum atomic E-state index is 13.0. The van der Waals surface area contributed by atoms with Gasteiger partial charge in [0, 0.05) is 13.1 Å². The Kier molecular flexibility index (Phi) is 6.19. The summed E-state index contributed by atoms with van der Waals surface area (Å²) in [5, 5.41) is 6.95. The lowest BCUT2D eigenvalue weighted by molar-refractivity contribution is 0.0160. The molecular formula is C27H32FN3O3. The second-order valence-electron chi connectivity index (χ2n) is 10.1. The number of carbonyl (C=O) groups excluding carboxylic acids is 1. The van der Waals surface area contributed by atoms with Crippen molar-refractivity contribution >= 4 is 11.7 Å². The van der Waals surface area contributed by atoms with Crippen LogP contribution in [0.4, 0.5) is 9.18 Å². The third kappa shape index (κ3) is 4.74. The zero-order chi connectivity index (χ0) is 23.7. The van der Waals surface area contributed by atoms with Gasteiger partial charge in [-0.25, -0.2) is 9.18 Å². The summed E-state index contributed by atoms with van der Waals surface area (Å²) in [4.78, 5) is 19.9. The number of oxime groups is 1. The molecule has 1 aliphatic carbocycles. The van der Waals surface area contributed by atoms with Crippen molar-refractivity contribution in [3.05, 3.63) is 65.5 Å². The highest BCUT2D eigenvalue weighted by Gasteiger charge is 2.47. The monoisotopic (exact) mass is 465 g/mol. The molecule has 2 aromatic carbocycles. The summed E-state index contributed by atoms with van der Waals surface area (Å²) in [6.07, 6.45) is 4.08. The molecule has 3 aliphatic rings. The Morgan fingerprint density at radius 2 is 1.82 bits per heavy atom. The highest BCUT2D eigenvalue weighted by Crippen LogP contribution is 2.56. The van der Waals surface area contributed by atoms with Gasteiger partial charge in [0.2, 0.25) is 6.23 Å². The first-order chi connectivity index (χ1) is 16.4. The Balaban J connectivity index is 1.06. The van der Waals surface area contributed by atoms with Gasteiger partial charge in [0.25, 0.3) is 0 Å². The average molecular weight is 466 g/mol. The summed E-state index contributed by atoms with van der Waals surface area (Å²) in [5.74, 6) is 1.26. The molecule has 5 rings (SSSR count). The van der Waals surface area contributed by atoms with Gasteiger partial charge in [0.05, 0.1) is 11.6 Å². The van der Waals surface area contributed by atoms with Crippen molar-refractivity contribution in [2.24, 2.45) is 16.5 Å². The van der Waals surface area contributed by atoms with Crippen molar-refractivity contribution in [3.8, 4) is 5.75 Å². The number of likely N-dealkylation sites (tertiary alicyclic amines) is 1. The lowest BCUT2D eigenvalue weighted by Crippen LogP contribution is -2.53. The van der Waals surface area contributed by atoms with Crippen LogP contribution in [0.5, 0.6) is 5.75 Å². The quantitative estimate of drug-likeness (QED) is 0.639.